The molecule has 0 radical (unpaired) electrons. The lowest BCUT2D eigenvalue weighted by atomic mass is 10.1. The van der Waals surface area contributed by atoms with Crippen LogP contribution in [0, 0.1) is 6.92 Å². The minimum atomic E-state index is -0.470. The molecule has 0 aliphatic carbocycles. The van der Waals surface area contributed by atoms with Crippen LogP contribution in [0.5, 0.6) is 0 Å². The average molecular weight is 398 g/mol. The van der Waals surface area contributed by atoms with Crippen molar-refractivity contribution in [2.45, 2.75) is 26.9 Å². The number of esters is 1. The third-order valence-corrected chi connectivity index (χ3v) is 4.39. The third kappa shape index (κ3) is 4.72. The molecule has 3 rings (SSSR count). The Labute approximate surface area is 167 Å². The predicted molar refractivity (Wildman–Crippen MR) is 107 cm³/mol. The number of aryl methyl sites for hydroxylation is 1. The number of furan rings is 1. The number of hydrogen-bond donors (Lipinski definition) is 1. The van der Waals surface area contributed by atoms with Gasteiger partial charge in [-0.05, 0) is 37.7 Å². The van der Waals surface area contributed by atoms with Crippen molar-refractivity contribution in [3.8, 4) is 0 Å². The summed E-state index contributed by atoms with van der Waals surface area (Å²) in [5.74, 6) is 0.464. The molecule has 0 saturated carbocycles. The van der Waals surface area contributed by atoms with Gasteiger partial charge in [0.15, 0.2) is 0 Å². The van der Waals surface area contributed by atoms with Crippen LogP contribution in [-0.4, -0.2) is 30.9 Å². The highest BCUT2D eigenvalue weighted by atomic mass is 16.5. The zero-order valence-electron chi connectivity index (χ0n) is 16.7. The molecular weight excluding hydrogens is 376 g/mol. The van der Waals surface area contributed by atoms with E-state index in [1.165, 1.54) is 20.1 Å². The zero-order valence-corrected chi connectivity index (χ0v) is 16.7. The van der Waals surface area contributed by atoms with Crippen molar-refractivity contribution in [2.24, 2.45) is 0 Å². The zero-order chi connectivity index (χ0) is 21.1. The molecule has 0 aliphatic rings. The number of nitrogens with zero attached hydrogens (tertiary/aromatic N) is 1. The fourth-order valence-electron chi connectivity index (χ4n) is 3.19. The van der Waals surface area contributed by atoms with E-state index in [0.717, 1.165) is 10.9 Å². The van der Waals surface area contributed by atoms with Crippen molar-refractivity contribution in [2.75, 3.05) is 19.5 Å². The van der Waals surface area contributed by atoms with E-state index in [0.29, 0.717) is 41.4 Å². The van der Waals surface area contributed by atoms with Crippen LogP contribution in [0.3, 0.4) is 0 Å². The molecule has 1 aromatic carbocycles. The van der Waals surface area contributed by atoms with E-state index in [1.807, 2.05) is 11.9 Å². The van der Waals surface area contributed by atoms with Crippen LogP contribution in [0.4, 0.5) is 5.69 Å². The smallest absolute Gasteiger partial charge is 0.341 e. The number of anilines is 1. The summed E-state index contributed by atoms with van der Waals surface area (Å²) < 4.78 is 15.7. The third-order valence-electron chi connectivity index (χ3n) is 4.39. The van der Waals surface area contributed by atoms with E-state index in [-0.39, 0.29) is 5.91 Å². The number of hydrogen-bond acceptors (Lipinski definition) is 7. The van der Waals surface area contributed by atoms with Gasteiger partial charge in [0.25, 0.3) is 0 Å². The Morgan fingerprint density at radius 2 is 1.90 bits per heavy atom. The minimum Gasteiger partial charge on any atom is -0.465 e. The second-order valence-electron chi connectivity index (χ2n) is 6.83. The molecule has 0 atom stereocenters. The van der Waals surface area contributed by atoms with Gasteiger partial charge in [0.1, 0.15) is 22.7 Å². The maximum Gasteiger partial charge on any atom is 0.341 e. The number of rotatable bonds is 6. The number of methoxy groups -OCH3 is 1. The summed E-state index contributed by atoms with van der Waals surface area (Å²) in [5, 5.41) is 3.44. The monoisotopic (exact) mass is 398 g/mol. The van der Waals surface area contributed by atoms with E-state index in [1.54, 1.807) is 31.2 Å². The Kier molecular flexibility index (Phi) is 5.84. The van der Waals surface area contributed by atoms with Gasteiger partial charge < -0.3 is 18.9 Å². The molecule has 29 heavy (non-hydrogen) atoms. The van der Waals surface area contributed by atoms with E-state index >= 15 is 0 Å². The van der Waals surface area contributed by atoms with Crippen molar-refractivity contribution >= 4 is 28.5 Å². The molecule has 8 heteroatoms. The van der Waals surface area contributed by atoms with Gasteiger partial charge in [0.2, 0.25) is 5.91 Å². The molecule has 1 N–H and O–H groups in total. The van der Waals surface area contributed by atoms with Crippen LogP contribution < -0.4 is 10.9 Å². The van der Waals surface area contributed by atoms with Crippen LogP contribution in [0.2, 0.25) is 0 Å². The van der Waals surface area contributed by atoms with E-state index < -0.39 is 11.6 Å². The Morgan fingerprint density at radius 1 is 1.14 bits per heavy atom. The Hall–Kier alpha value is -3.39. The van der Waals surface area contributed by atoms with Gasteiger partial charge >= 0.3 is 11.6 Å². The highest BCUT2D eigenvalue weighted by Crippen LogP contribution is 2.23. The molecule has 0 unspecified atom stereocenters. The van der Waals surface area contributed by atoms with Crippen molar-refractivity contribution in [3.63, 3.8) is 0 Å². The number of carbonyl (C=O) groups excluding carboxylic acids is 2. The summed E-state index contributed by atoms with van der Waals surface area (Å²) in [4.78, 5) is 36.9. The Morgan fingerprint density at radius 3 is 2.59 bits per heavy atom. The topological polar surface area (TPSA) is 102 Å². The summed E-state index contributed by atoms with van der Waals surface area (Å²) in [5.41, 5.74) is 1.66. The van der Waals surface area contributed by atoms with Gasteiger partial charge in [-0.1, -0.05) is 0 Å². The Balaban J connectivity index is 1.83. The van der Waals surface area contributed by atoms with Crippen molar-refractivity contribution < 1.29 is 23.2 Å². The number of benzene rings is 1. The molecule has 3 aromatic rings. The number of fused-ring (bicyclic) bond motifs is 1. The van der Waals surface area contributed by atoms with E-state index in [2.05, 4.69) is 5.32 Å². The molecular formula is C21H22N2O6. The van der Waals surface area contributed by atoms with Crippen LogP contribution in [0.15, 0.2) is 44.0 Å². The molecule has 152 valence electrons. The summed E-state index contributed by atoms with van der Waals surface area (Å²) in [6, 6.07) is 8.30. The summed E-state index contributed by atoms with van der Waals surface area (Å²) in [6.45, 7) is 4.00. The van der Waals surface area contributed by atoms with E-state index in [9.17, 15) is 14.4 Å². The number of amides is 1. The maximum absolute atomic E-state index is 12.0. The summed E-state index contributed by atoms with van der Waals surface area (Å²) in [6.07, 6.45) is 0. The molecule has 0 aliphatic heterocycles. The highest BCUT2D eigenvalue weighted by Gasteiger charge is 2.17. The number of carbonyl (C=O) groups is 2. The van der Waals surface area contributed by atoms with Crippen LogP contribution >= 0.6 is 0 Å². The van der Waals surface area contributed by atoms with Crippen LogP contribution in [0.25, 0.3) is 11.0 Å². The van der Waals surface area contributed by atoms with Crippen LogP contribution in [-0.2, 0) is 22.6 Å². The molecule has 8 nitrogen and oxygen atoms in total. The molecule has 2 heterocycles. The van der Waals surface area contributed by atoms with Gasteiger partial charge in [-0.25, -0.2) is 9.59 Å². The summed E-state index contributed by atoms with van der Waals surface area (Å²) in [7, 11) is 3.20. The van der Waals surface area contributed by atoms with Gasteiger partial charge in [0.05, 0.1) is 13.7 Å². The molecule has 0 bridgehead atoms. The normalized spacial score (nSPS) is 11.1. The van der Waals surface area contributed by atoms with Gasteiger partial charge in [-0.2, -0.15) is 0 Å². The Bertz CT molecular complexity index is 1130. The highest BCUT2D eigenvalue weighted by molar-refractivity contribution is 5.92. The maximum atomic E-state index is 12.0. The van der Waals surface area contributed by atoms with Gasteiger partial charge in [0, 0.05) is 36.7 Å². The average Bonchev–Trinajstić information content (AvgIpc) is 3.00. The molecule has 1 amide bonds. The van der Waals surface area contributed by atoms with Crippen molar-refractivity contribution in [3.05, 3.63) is 63.4 Å². The first-order chi connectivity index (χ1) is 13.8. The number of nitrogens with one attached hydrogen (secondary N) is 1. The fraction of sp³-hybridized carbons (Fsp3) is 0.286. The lowest BCUT2D eigenvalue weighted by molar-refractivity contribution is -0.114. The molecule has 0 spiro atoms. The van der Waals surface area contributed by atoms with E-state index in [4.69, 9.17) is 13.6 Å². The first-order valence-corrected chi connectivity index (χ1v) is 8.97. The standard InChI is InChI=1S/C21H22N2O6/c1-12-18(21(26)27-4)9-16(28-12)11-23(3)10-14-7-20(25)29-19-8-15(22-13(2)24)5-6-17(14)19/h5-9H,10-11H2,1-4H3,(H,22,24). The second kappa shape index (κ2) is 8.32. The lowest BCUT2D eigenvalue weighted by Gasteiger charge is -2.16. The largest absolute Gasteiger partial charge is 0.465 e. The molecule has 0 fully saturated rings. The first-order valence-electron chi connectivity index (χ1n) is 8.97. The molecule has 2 aromatic heterocycles. The molecule has 0 saturated heterocycles. The van der Waals surface area contributed by atoms with Crippen molar-refractivity contribution in [1.29, 1.82) is 0 Å². The minimum absolute atomic E-state index is 0.206. The predicted octanol–water partition coefficient (Wildman–Crippen LogP) is 3.07. The lowest BCUT2D eigenvalue weighted by Crippen LogP contribution is -2.18. The quantitative estimate of drug-likeness (QED) is 0.503. The van der Waals surface area contributed by atoms with Gasteiger partial charge in [-0.15, -0.1) is 0 Å². The van der Waals surface area contributed by atoms with Crippen LogP contribution in [0.1, 0.15) is 34.4 Å². The summed E-state index contributed by atoms with van der Waals surface area (Å²) >= 11 is 0. The first kappa shape index (κ1) is 20.3. The fourth-order valence-corrected chi connectivity index (χ4v) is 3.19. The number of ether oxygens (including phenoxy) is 1. The second-order valence-corrected chi connectivity index (χ2v) is 6.83. The van der Waals surface area contributed by atoms with Gasteiger partial charge in [-0.3, -0.25) is 9.69 Å². The van der Waals surface area contributed by atoms with Crippen molar-refractivity contribution in [1.82, 2.24) is 4.90 Å². The SMILES string of the molecule is COC(=O)c1cc(CN(C)Cc2cc(=O)oc3cc(NC(C)=O)ccc23)oc1C.